The molecule has 29 heavy (non-hydrogen) atoms. The van der Waals surface area contributed by atoms with Gasteiger partial charge in [0.25, 0.3) is 0 Å². The normalized spacial score (nSPS) is 15.8. The van der Waals surface area contributed by atoms with Gasteiger partial charge in [-0.1, -0.05) is 35.9 Å². The largest absolute Gasteiger partial charge is 0.454 e. The van der Waals surface area contributed by atoms with Crippen LogP contribution in [0.5, 0.6) is 11.5 Å². The van der Waals surface area contributed by atoms with Gasteiger partial charge in [-0.25, -0.2) is 4.98 Å². The van der Waals surface area contributed by atoms with Crippen LogP contribution in [0.25, 0.3) is 11.1 Å². The molecule has 1 aliphatic carbocycles. The molecule has 0 radical (unpaired) electrons. The van der Waals surface area contributed by atoms with E-state index in [0.29, 0.717) is 11.6 Å². The van der Waals surface area contributed by atoms with Gasteiger partial charge in [-0.3, -0.25) is 4.79 Å². The minimum atomic E-state index is -0.508. The highest BCUT2D eigenvalue weighted by atomic mass is 16.7. The molecule has 5 heteroatoms. The number of rotatable bonds is 4. The Morgan fingerprint density at radius 3 is 2.45 bits per heavy atom. The second kappa shape index (κ2) is 6.62. The molecule has 5 rings (SSSR count). The lowest BCUT2D eigenvalue weighted by atomic mass is 9.94. The van der Waals surface area contributed by atoms with Crippen LogP contribution in [-0.4, -0.2) is 17.7 Å². The molecule has 0 unspecified atom stereocenters. The number of pyridine rings is 1. The number of carbonyl (C=O) groups is 1. The molecule has 0 spiro atoms. The highest BCUT2D eigenvalue weighted by molar-refractivity contribution is 6.01. The van der Waals surface area contributed by atoms with Crippen LogP contribution in [0.2, 0.25) is 0 Å². The Kier molecular flexibility index (Phi) is 4.05. The lowest BCUT2D eigenvalue weighted by Crippen LogP contribution is -2.28. The van der Waals surface area contributed by atoms with Gasteiger partial charge < -0.3 is 14.8 Å². The maximum absolute atomic E-state index is 13.1. The molecule has 146 valence electrons. The van der Waals surface area contributed by atoms with Crippen LogP contribution in [0, 0.1) is 13.8 Å². The van der Waals surface area contributed by atoms with E-state index in [9.17, 15) is 4.79 Å². The lowest BCUT2D eigenvalue weighted by Gasteiger charge is -2.16. The van der Waals surface area contributed by atoms with Gasteiger partial charge in [0, 0.05) is 11.3 Å². The first-order valence-electron chi connectivity index (χ1n) is 9.81. The van der Waals surface area contributed by atoms with Crippen LogP contribution in [0.15, 0.2) is 54.6 Å². The van der Waals surface area contributed by atoms with Gasteiger partial charge in [-0.15, -0.1) is 0 Å². The van der Waals surface area contributed by atoms with Gasteiger partial charge in [-0.05, 0) is 62.1 Å². The molecule has 2 heterocycles. The van der Waals surface area contributed by atoms with Crippen LogP contribution >= 0.6 is 0 Å². The highest BCUT2D eigenvalue weighted by Gasteiger charge is 2.51. The maximum atomic E-state index is 13.1. The number of anilines is 1. The number of hydrogen-bond donors (Lipinski definition) is 1. The van der Waals surface area contributed by atoms with Crippen LogP contribution in [0.1, 0.15) is 29.7 Å². The number of benzene rings is 2. The van der Waals surface area contributed by atoms with E-state index < -0.39 is 5.41 Å². The minimum absolute atomic E-state index is 0.0219. The quantitative estimate of drug-likeness (QED) is 0.702. The monoisotopic (exact) mass is 386 g/mol. The molecule has 1 fully saturated rings. The molecular weight excluding hydrogens is 364 g/mol. The number of nitrogens with one attached hydrogen (secondary N) is 1. The SMILES string of the molecule is Cc1ccc(-c2ccc(NC(=O)C3(c4ccc5c(c4)OCO5)CC3)nc2C)cc1. The van der Waals surface area contributed by atoms with E-state index in [-0.39, 0.29) is 12.7 Å². The van der Waals surface area contributed by atoms with Crippen molar-refractivity contribution in [1.29, 1.82) is 0 Å². The van der Waals surface area contributed by atoms with Crippen molar-refractivity contribution in [3.05, 3.63) is 71.4 Å². The molecular formula is C24H22N2O3. The summed E-state index contributed by atoms with van der Waals surface area (Å²) in [5.41, 5.74) is 4.76. The summed E-state index contributed by atoms with van der Waals surface area (Å²) in [6, 6.07) is 18.0. The number of ether oxygens (including phenoxy) is 2. The van der Waals surface area contributed by atoms with Crippen molar-refractivity contribution in [3.8, 4) is 22.6 Å². The van der Waals surface area contributed by atoms with E-state index in [2.05, 4.69) is 41.5 Å². The summed E-state index contributed by atoms with van der Waals surface area (Å²) in [4.78, 5) is 17.7. The number of amides is 1. The Morgan fingerprint density at radius 2 is 1.72 bits per heavy atom. The van der Waals surface area contributed by atoms with Crippen molar-refractivity contribution < 1.29 is 14.3 Å². The zero-order valence-corrected chi connectivity index (χ0v) is 16.5. The highest BCUT2D eigenvalue weighted by Crippen LogP contribution is 2.51. The number of carbonyl (C=O) groups excluding carboxylic acids is 1. The predicted octanol–water partition coefficient (Wildman–Crippen LogP) is 4.76. The number of hydrogen-bond acceptors (Lipinski definition) is 4. The molecule has 0 bridgehead atoms. The fraction of sp³-hybridized carbons (Fsp3) is 0.250. The number of fused-ring (bicyclic) bond motifs is 1. The molecule has 1 aliphatic heterocycles. The van der Waals surface area contributed by atoms with Crippen LogP contribution in [0.4, 0.5) is 5.82 Å². The Labute approximate surface area is 169 Å². The number of aromatic nitrogens is 1. The van der Waals surface area contributed by atoms with E-state index in [4.69, 9.17) is 9.47 Å². The molecule has 2 aromatic carbocycles. The van der Waals surface area contributed by atoms with Gasteiger partial charge in [-0.2, -0.15) is 0 Å². The standard InChI is InChI=1S/C24H22N2O3/c1-15-3-5-17(6-4-15)19-8-10-22(25-16(19)2)26-23(27)24(11-12-24)18-7-9-20-21(13-18)29-14-28-20/h3-10,13H,11-12,14H2,1-2H3,(H,25,26,27). The van der Waals surface area contributed by atoms with E-state index in [1.807, 2.05) is 37.3 Å². The average Bonchev–Trinajstić information content (AvgIpc) is 3.40. The zero-order valence-electron chi connectivity index (χ0n) is 16.5. The summed E-state index contributed by atoms with van der Waals surface area (Å²) >= 11 is 0. The average molecular weight is 386 g/mol. The van der Waals surface area contributed by atoms with Gasteiger partial charge in [0.2, 0.25) is 12.7 Å². The van der Waals surface area contributed by atoms with Crippen molar-refractivity contribution in [3.63, 3.8) is 0 Å². The van der Waals surface area contributed by atoms with Crippen LogP contribution in [-0.2, 0) is 10.2 Å². The van der Waals surface area contributed by atoms with E-state index in [0.717, 1.165) is 41.0 Å². The van der Waals surface area contributed by atoms with E-state index in [1.165, 1.54) is 5.56 Å². The first-order chi connectivity index (χ1) is 14.0. The minimum Gasteiger partial charge on any atom is -0.454 e. The van der Waals surface area contributed by atoms with Crippen molar-refractivity contribution >= 4 is 11.7 Å². The molecule has 0 atom stereocenters. The number of nitrogens with zero attached hydrogens (tertiary/aromatic N) is 1. The third-order valence-electron chi connectivity index (χ3n) is 5.80. The first-order valence-corrected chi connectivity index (χ1v) is 9.81. The number of aryl methyl sites for hydroxylation is 2. The molecule has 2 aliphatic rings. The Hall–Kier alpha value is -3.34. The zero-order chi connectivity index (χ0) is 20.0. The van der Waals surface area contributed by atoms with Gasteiger partial charge in [0.05, 0.1) is 5.41 Å². The smallest absolute Gasteiger partial charge is 0.236 e. The van der Waals surface area contributed by atoms with Crippen molar-refractivity contribution in [2.75, 3.05) is 12.1 Å². The Balaban J connectivity index is 1.37. The second-order valence-corrected chi connectivity index (χ2v) is 7.80. The topological polar surface area (TPSA) is 60.5 Å². The molecule has 1 saturated carbocycles. The summed E-state index contributed by atoms with van der Waals surface area (Å²) in [5.74, 6) is 1.99. The third-order valence-corrected chi connectivity index (χ3v) is 5.80. The summed E-state index contributed by atoms with van der Waals surface area (Å²) in [6.07, 6.45) is 1.64. The van der Waals surface area contributed by atoms with E-state index >= 15 is 0 Å². The van der Waals surface area contributed by atoms with Crippen molar-refractivity contribution in [1.82, 2.24) is 4.98 Å². The summed E-state index contributed by atoms with van der Waals surface area (Å²) in [6.45, 7) is 4.27. The molecule has 1 aromatic heterocycles. The summed E-state index contributed by atoms with van der Waals surface area (Å²) in [5, 5.41) is 3.02. The summed E-state index contributed by atoms with van der Waals surface area (Å²) in [7, 11) is 0. The maximum Gasteiger partial charge on any atom is 0.236 e. The van der Waals surface area contributed by atoms with E-state index in [1.54, 1.807) is 0 Å². The lowest BCUT2D eigenvalue weighted by molar-refractivity contribution is -0.118. The fourth-order valence-electron chi connectivity index (χ4n) is 3.87. The molecule has 0 saturated heterocycles. The molecule has 3 aromatic rings. The molecule has 1 N–H and O–H groups in total. The second-order valence-electron chi connectivity index (χ2n) is 7.80. The fourth-order valence-corrected chi connectivity index (χ4v) is 3.87. The van der Waals surface area contributed by atoms with Gasteiger partial charge >= 0.3 is 0 Å². The van der Waals surface area contributed by atoms with Crippen molar-refractivity contribution in [2.45, 2.75) is 32.1 Å². The van der Waals surface area contributed by atoms with Crippen LogP contribution < -0.4 is 14.8 Å². The Bertz CT molecular complexity index is 1100. The Morgan fingerprint density at radius 1 is 0.966 bits per heavy atom. The molecule has 1 amide bonds. The third kappa shape index (κ3) is 3.12. The summed E-state index contributed by atoms with van der Waals surface area (Å²) < 4.78 is 10.8. The van der Waals surface area contributed by atoms with Gasteiger partial charge in [0.1, 0.15) is 5.82 Å². The predicted molar refractivity (Wildman–Crippen MR) is 111 cm³/mol. The van der Waals surface area contributed by atoms with Gasteiger partial charge in [0.15, 0.2) is 11.5 Å². The first kappa shape index (κ1) is 17.7. The van der Waals surface area contributed by atoms with Crippen molar-refractivity contribution in [2.24, 2.45) is 0 Å². The molecule has 5 nitrogen and oxygen atoms in total. The van der Waals surface area contributed by atoms with Crippen LogP contribution in [0.3, 0.4) is 0 Å².